The quantitative estimate of drug-likeness (QED) is 0.883. The lowest BCUT2D eigenvalue weighted by atomic mass is 10.1. The van der Waals surface area contributed by atoms with Crippen LogP contribution in [0.5, 0.6) is 5.75 Å². The van der Waals surface area contributed by atoms with Crippen molar-refractivity contribution in [3.8, 4) is 5.75 Å². The summed E-state index contributed by atoms with van der Waals surface area (Å²) in [5, 5.41) is 3.36. The number of morpholine rings is 1. The van der Waals surface area contributed by atoms with Gasteiger partial charge in [-0.1, -0.05) is 6.07 Å². The first-order valence-corrected chi connectivity index (χ1v) is 8.11. The summed E-state index contributed by atoms with van der Waals surface area (Å²) in [6.07, 6.45) is 1.64. The number of pyridine rings is 1. The largest absolute Gasteiger partial charge is 0.490 e. The van der Waals surface area contributed by atoms with Gasteiger partial charge in [0.1, 0.15) is 17.9 Å². The zero-order chi connectivity index (χ0) is 16.5. The number of benzene rings is 1. The Hall–Kier alpha value is -2.38. The highest BCUT2D eigenvalue weighted by molar-refractivity contribution is 5.98. The first kappa shape index (κ1) is 15.2. The van der Waals surface area contributed by atoms with Gasteiger partial charge in [-0.05, 0) is 12.1 Å². The first-order chi connectivity index (χ1) is 11.7. The van der Waals surface area contributed by atoms with Crippen LogP contribution in [0, 0.1) is 0 Å². The lowest BCUT2D eigenvalue weighted by molar-refractivity contribution is 0.0334. The second kappa shape index (κ2) is 6.26. The molecule has 2 aliphatic rings. The standard InChI is InChI=1S/C17H19N3O4/c21-16-12-2-1-3-14-15(12)20(6-9-24-14)10-13(16)17(22)18-11-19-4-7-23-8-5-19/h1-3,10H,4-9,11H2,(H,18,22). The van der Waals surface area contributed by atoms with E-state index in [1.165, 1.54) is 0 Å². The molecule has 1 aromatic carbocycles. The fourth-order valence-electron chi connectivity index (χ4n) is 3.17. The van der Waals surface area contributed by atoms with Gasteiger partial charge in [0.2, 0.25) is 5.43 Å². The lowest BCUT2D eigenvalue weighted by Crippen LogP contribution is -2.44. The number of hydrogen-bond donors (Lipinski definition) is 1. The third-order valence-corrected chi connectivity index (χ3v) is 4.46. The number of ether oxygens (including phenoxy) is 2. The smallest absolute Gasteiger partial charge is 0.257 e. The molecule has 0 unspecified atom stereocenters. The van der Waals surface area contributed by atoms with Gasteiger partial charge in [-0.3, -0.25) is 14.5 Å². The summed E-state index contributed by atoms with van der Waals surface area (Å²) >= 11 is 0. The average Bonchev–Trinajstić information content (AvgIpc) is 2.63. The molecule has 0 spiro atoms. The molecule has 1 N–H and O–H groups in total. The number of hydrogen-bond acceptors (Lipinski definition) is 5. The maximum absolute atomic E-state index is 12.7. The van der Waals surface area contributed by atoms with Crippen molar-refractivity contribution >= 4 is 16.8 Å². The molecule has 0 saturated carbocycles. The molecule has 3 heterocycles. The van der Waals surface area contributed by atoms with Gasteiger partial charge in [0.15, 0.2) is 0 Å². The Kier molecular flexibility index (Phi) is 3.95. The molecule has 1 saturated heterocycles. The van der Waals surface area contributed by atoms with E-state index in [9.17, 15) is 9.59 Å². The third kappa shape index (κ3) is 2.65. The van der Waals surface area contributed by atoms with Crippen molar-refractivity contribution in [2.75, 3.05) is 39.6 Å². The Labute approximate surface area is 138 Å². The number of para-hydroxylation sites is 1. The second-order valence-corrected chi connectivity index (χ2v) is 5.96. The summed E-state index contributed by atoms with van der Waals surface area (Å²) in [6, 6.07) is 5.37. The monoisotopic (exact) mass is 329 g/mol. The van der Waals surface area contributed by atoms with Gasteiger partial charge in [-0.25, -0.2) is 0 Å². The van der Waals surface area contributed by atoms with E-state index in [1.807, 2.05) is 10.6 Å². The predicted octanol–water partition coefficient (Wildman–Crippen LogP) is 0.413. The minimum absolute atomic E-state index is 0.176. The van der Waals surface area contributed by atoms with Gasteiger partial charge >= 0.3 is 0 Å². The van der Waals surface area contributed by atoms with Gasteiger partial charge in [0.25, 0.3) is 5.91 Å². The molecule has 1 amide bonds. The molecule has 7 heteroatoms. The maximum atomic E-state index is 12.7. The van der Waals surface area contributed by atoms with Gasteiger partial charge in [0.05, 0.1) is 37.3 Å². The average molecular weight is 329 g/mol. The van der Waals surface area contributed by atoms with E-state index in [2.05, 4.69) is 10.2 Å². The fraction of sp³-hybridized carbons (Fsp3) is 0.412. The van der Waals surface area contributed by atoms with Crippen LogP contribution in [-0.4, -0.2) is 55.0 Å². The Morgan fingerprint density at radius 2 is 2.00 bits per heavy atom. The van der Waals surface area contributed by atoms with Crippen molar-refractivity contribution in [3.63, 3.8) is 0 Å². The van der Waals surface area contributed by atoms with Crippen molar-refractivity contribution in [1.29, 1.82) is 0 Å². The van der Waals surface area contributed by atoms with Gasteiger partial charge in [-0.2, -0.15) is 0 Å². The molecule has 2 aliphatic heterocycles. The van der Waals surface area contributed by atoms with Crippen LogP contribution in [0.4, 0.5) is 0 Å². The SMILES string of the molecule is O=C(NCN1CCOCC1)c1cn2c3c(cccc3c1=O)OCC2. The zero-order valence-electron chi connectivity index (χ0n) is 13.3. The number of nitrogens with one attached hydrogen (secondary N) is 1. The number of aromatic nitrogens is 1. The molecule has 0 aliphatic carbocycles. The zero-order valence-corrected chi connectivity index (χ0v) is 13.3. The van der Waals surface area contributed by atoms with Crippen LogP contribution in [0.1, 0.15) is 10.4 Å². The van der Waals surface area contributed by atoms with Gasteiger partial charge < -0.3 is 19.4 Å². The number of carbonyl (C=O) groups is 1. The molecule has 0 radical (unpaired) electrons. The number of carbonyl (C=O) groups excluding carboxylic acids is 1. The topological polar surface area (TPSA) is 72.8 Å². The van der Waals surface area contributed by atoms with Gasteiger partial charge in [-0.15, -0.1) is 0 Å². The fourth-order valence-corrected chi connectivity index (χ4v) is 3.17. The Morgan fingerprint density at radius 3 is 2.83 bits per heavy atom. The van der Waals surface area contributed by atoms with E-state index in [4.69, 9.17) is 9.47 Å². The maximum Gasteiger partial charge on any atom is 0.257 e. The van der Waals surface area contributed by atoms with Crippen LogP contribution >= 0.6 is 0 Å². The number of rotatable bonds is 3. The van der Waals surface area contributed by atoms with E-state index < -0.39 is 0 Å². The molecule has 7 nitrogen and oxygen atoms in total. The van der Waals surface area contributed by atoms with E-state index >= 15 is 0 Å². The van der Waals surface area contributed by atoms with Crippen LogP contribution in [0.25, 0.3) is 10.9 Å². The van der Waals surface area contributed by atoms with Crippen LogP contribution in [0.2, 0.25) is 0 Å². The van der Waals surface area contributed by atoms with E-state index in [-0.39, 0.29) is 16.9 Å². The van der Waals surface area contributed by atoms with Gasteiger partial charge in [0, 0.05) is 19.3 Å². The molecule has 1 aromatic heterocycles. The molecule has 2 aromatic rings. The lowest BCUT2D eigenvalue weighted by Gasteiger charge is -2.26. The molecule has 0 atom stereocenters. The summed E-state index contributed by atoms with van der Waals surface area (Å²) in [4.78, 5) is 27.3. The van der Waals surface area contributed by atoms with Crippen molar-refractivity contribution in [2.45, 2.75) is 6.54 Å². The summed E-state index contributed by atoms with van der Waals surface area (Å²) < 4.78 is 12.8. The van der Waals surface area contributed by atoms with E-state index in [0.29, 0.717) is 44.2 Å². The summed E-state index contributed by atoms with van der Waals surface area (Å²) in [5.41, 5.74) is 0.682. The Bertz CT molecular complexity index is 840. The minimum atomic E-state index is -0.339. The first-order valence-electron chi connectivity index (χ1n) is 8.11. The van der Waals surface area contributed by atoms with Crippen LogP contribution in [0.3, 0.4) is 0 Å². The third-order valence-electron chi connectivity index (χ3n) is 4.46. The van der Waals surface area contributed by atoms with Crippen molar-refractivity contribution in [2.24, 2.45) is 0 Å². The van der Waals surface area contributed by atoms with Crippen molar-refractivity contribution in [3.05, 3.63) is 40.2 Å². The molecule has 126 valence electrons. The van der Waals surface area contributed by atoms with Crippen molar-refractivity contribution in [1.82, 2.24) is 14.8 Å². The molecule has 1 fully saturated rings. The van der Waals surface area contributed by atoms with E-state index in [0.717, 1.165) is 18.6 Å². The van der Waals surface area contributed by atoms with E-state index in [1.54, 1.807) is 18.3 Å². The molecule has 4 rings (SSSR count). The Balaban J connectivity index is 1.63. The second-order valence-electron chi connectivity index (χ2n) is 5.96. The number of amides is 1. The molecular weight excluding hydrogens is 310 g/mol. The summed E-state index contributed by atoms with van der Waals surface area (Å²) in [6.45, 7) is 4.47. The molecule has 24 heavy (non-hydrogen) atoms. The minimum Gasteiger partial charge on any atom is -0.490 e. The molecular formula is C17H19N3O4. The highest BCUT2D eigenvalue weighted by Gasteiger charge is 2.20. The number of nitrogens with zero attached hydrogens (tertiary/aromatic N) is 2. The van der Waals surface area contributed by atoms with Crippen LogP contribution < -0.4 is 15.5 Å². The normalized spacial score (nSPS) is 17.5. The molecule has 0 bridgehead atoms. The Morgan fingerprint density at radius 1 is 1.17 bits per heavy atom. The predicted molar refractivity (Wildman–Crippen MR) is 88.4 cm³/mol. The van der Waals surface area contributed by atoms with Crippen molar-refractivity contribution < 1.29 is 14.3 Å². The highest BCUT2D eigenvalue weighted by Crippen LogP contribution is 2.26. The summed E-state index contributed by atoms with van der Waals surface area (Å²) in [7, 11) is 0. The summed E-state index contributed by atoms with van der Waals surface area (Å²) in [5.74, 6) is 0.352. The highest BCUT2D eigenvalue weighted by atomic mass is 16.5. The van der Waals surface area contributed by atoms with Crippen LogP contribution in [0.15, 0.2) is 29.2 Å². The van der Waals surface area contributed by atoms with Crippen LogP contribution in [-0.2, 0) is 11.3 Å².